The Bertz CT molecular complexity index is 506. The van der Waals surface area contributed by atoms with E-state index < -0.39 is 0 Å². The van der Waals surface area contributed by atoms with Gasteiger partial charge in [-0.3, -0.25) is 4.79 Å². The molecule has 2 rings (SSSR count). The highest BCUT2D eigenvalue weighted by Crippen LogP contribution is 2.19. The maximum Gasteiger partial charge on any atom is 0.242 e. The molecule has 0 spiro atoms. The Morgan fingerprint density at radius 1 is 1.42 bits per heavy atom. The van der Waals surface area contributed by atoms with E-state index in [1.54, 1.807) is 10.6 Å². The van der Waals surface area contributed by atoms with Crippen LogP contribution in [0.1, 0.15) is 37.6 Å². The Kier molecular flexibility index (Phi) is 4.10. The van der Waals surface area contributed by atoms with Crippen molar-refractivity contribution in [1.82, 2.24) is 9.47 Å². The van der Waals surface area contributed by atoms with Gasteiger partial charge >= 0.3 is 0 Å². The summed E-state index contributed by atoms with van der Waals surface area (Å²) >= 11 is 0. The largest absolute Gasteiger partial charge is 0.397 e. The van der Waals surface area contributed by atoms with Gasteiger partial charge in [-0.2, -0.15) is 5.26 Å². The van der Waals surface area contributed by atoms with Gasteiger partial charge in [0.2, 0.25) is 5.91 Å². The normalized spacial score (nSPS) is 15.3. The number of carbonyl (C=O) groups is 1. The van der Waals surface area contributed by atoms with E-state index in [0.29, 0.717) is 11.4 Å². The van der Waals surface area contributed by atoms with Crippen molar-refractivity contribution >= 4 is 11.6 Å². The molecule has 102 valence electrons. The van der Waals surface area contributed by atoms with E-state index in [1.165, 1.54) is 6.42 Å². The van der Waals surface area contributed by atoms with E-state index in [4.69, 9.17) is 11.0 Å². The molecule has 1 aliphatic rings. The molecule has 0 radical (unpaired) electrons. The molecule has 0 unspecified atom stereocenters. The third-order valence-corrected chi connectivity index (χ3v) is 3.69. The minimum absolute atomic E-state index is 0.0847. The summed E-state index contributed by atoms with van der Waals surface area (Å²) in [6, 6.07) is 3.77. The van der Waals surface area contributed by atoms with Crippen LogP contribution in [-0.2, 0) is 17.8 Å². The number of nitriles is 1. The number of hydrogen-bond donors (Lipinski definition) is 1. The highest BCUT2D eigenvalue weighted by molar-refractivity contribution is 5.76. The molecule has 1 saturated heterocycles. The van der Waals surface area contributed by atoms with Crippen LogP contribution in [0.3, 0.4) is 0 Å². The first-order valence-corrected chi connectivity index (χ1v) is 6.83. The fourth-order valence-corrected chi connectivity index (χ4v) is 2.66. The van der Waals surface area contributed by atoms with Gasteiger partial charge in [0.05, 0.1) is 5.69 Å². The minimum Gasteiger partial charge on any atom is -0.397 e. The molecule has 0 bridgehead atoms. The van der Waals surface area contributed by atoms with Gasteiger partial charge < -0.3 is 15.2 Å². The first kappa shape index (κ1) is 13.5. The Hall–Kier alpha value is -1.96. The SMILES string of the molecule is CCc1c(N)cc(C#N)n1CC(=O)N1CCCCC1. The zero-order valence-electron chi connectivity index (χ0n) is 11.4. The average molecular weight is 260 g/mol. The Morgan fingerprint density at radius 2 is 2.11 bits per heavy atom. The maximum absolute atomic E-state index is 12.3. The molecule has 1 amide bonds. The molecule has 1 aromatic rings. The molecule has 0 aliphatic carbocycles. The van der Waals surface area contributed by atoms with Crippen LogP contribution in [-0.4, -0.2) is 28.5 Å². The van der Waals surface area contributed by atoms with Gasteiger partial charge in [0, 0.05) is 18.8 Å². The zero-order valence-corrected chi connectivity index (χ0v) is 11.4. The number of hydrogen-bond acceptors (Lipinski definition) is 3. The number of aromatic nitrogens is 1. The summed E-state index contributed by atoms with van der Waals surface area (Å²) in [5, 5.41) is 9.12. The molecule has 19 heavy (non-hydrogen) atoms. The number of piperidine rings is 1. The van der Waals surface area contributed by atoms with Gasteiger partial charge in [-0.25, -0.2) is 0 Å². The third kappa shape index (κ3) is 2.73. The molecular formula is C14H20N4O. The van der Waals surface area contributed by atoms with Gasteiger partial charge in [0.15, 0.2) is 0 Å². The smallest absolute Gasteiger partial charge is 0.242 e. The average Bonchev–Trinajstić information content (AvgIpc) is 2.75. The number of anilines is 1. The van der Waals surface area contributed by atoms with Crippen molar-refractivity contribution in [2.45, 2.75) is 39.2 Å². The molecule has 0 atom stereocenters. The lowest BCUT2D eigenvalue weighted by atomic mass is 10.1. The first-order valence-electron chi connectivity index (χ1n) is 6.83. The number of carbonyl (C=O) groups excluding carboxylic acids is 1. The molecule has 0 saturated carbocycles. The minimum atomic E-state index is 0.0847. The van der Waals surface area contributed by atoms with E-state index in [9.17, 15) is 4.79 Å². The van der Waals surface area contributed by atoms with Crippen LogP contribution in [0.4, 0.5) is 5.69 Å². The van der Waals surface area contributed by atoms with Crippen molar-refractivity contribution in [3.05, 3.63) is 17.5 Å². The van der Waals surface area contributed by atoms with Gasteiger partial charge in [0.1, 0.15) is 18.3 Å². The van der Waals surface area contributed by atoms with E-state index in [1.807, 2.05) is 11.8 Å². The van der Waals surface area contributed by atoms with Gasteiger partial charge in [-0.15, -0.1) is 0 Å². The highest BCUT2D eigenvalue weighted by atomic mass is 16.2. The van der Waals surface area contributed by atoms with Crippen molar-refractivity contribution in [3.63, 3.8) is 0 Å². The molecule has 2 heterocycles. The fraction of sp³-hybridized carbons (Fsp3) is 0.571. The summed E-state index contributed by atoms with van der Waals surface area (Å²) in [5.41, 5.74) is 7.84. The lowest BCUT2D eigenvalue weighted by Crippen LogP contribution is -2.38. The Labute approximate surface area is 113 Å². The van der Waals surface area contributed by atoms with E-state index >= 15 is 0 Å². The van der Waals surface area contributed by atoms with Crippen molar-refractivity contribution in [2.24, 2.45) is 0 Å². The summed E-state index contributed by atoms with van der Waals surface area (Å²) in [4.78, 5) is 14.2. The van der Waals surface area contributed by atoms with Crippen molar-refractivity contribution in [3.8, 4) is 6.07 Å². The Morgan fingerprint density at radius 3 is 2.68 bits per heavy atom. The second-order valence-corrected chi connectivity index (χ2v) is 4.92. The van der Waals surface area contributed by atoms with Crippen LogP contribution in [0, 0.1) is 11.3 Å². The number of rotatable bonds is 3. The molecule has 1 fully saturated rings. The number of amides is 1. The number of nitrogens with two attached hydrogens (primary N) is 1. The maximum atomic E-state index is 12.3. The topological polar surface area (TPSA) is 75.0 Å². The number of nitrogens with zero attached hydrogens (tertiary/aromatic N) is 3. The Balaban J connectivity index is 2.18. The quantitative estimate of drug-likeness (QED) is 0.895. The van der Waals surface area contributed by atoms with E-state index in [2.05, 4.69) is 6.07 Å². The zero-order chi connectivity index (χ0) is 13.8. The summed E-state index contributed by atoms with van der Waals surface area (Å²) in [7, 11) is 0. The predicted octanol–water partition coefficient (Wildman–Crippen LogP) is 1.52. The second-order valence-electron chi connectivity index (χ2n) is 4.92. The molecular weight excluding hydrogens is 240 g/mol. The summed E-state index contributed by atoms with van der Waals surface area (Å²) < 4.78 is 1.76. The lowest BCUT2D eigenvalue weighted by molar-refractivity contribution is -0.132. The van der Waals surface area contributed by atoms with Gasteiger partial charge in [0.25, 0.3) is 0 Å². The lowest BCUT2D eigenvalue weighted by Gasteiger charge is -2.27. The van der Waals surface area contributed by atoms with Crippen molar-refractivity contribution in [2.75, 3.05) is 18.8 Å². The second kappa shape index (κ2) is 5.79. The van der Waals surface area contributed by atoms with Crippen LogP contribution in [0.15, 0.2) is 6.07 Å². The van der Waals surface area contributed by atoms with Gasteiger partial charge in [-0.1, -0.05) is 6.92 Å². The van der Waals surface area contributed by atoms with Crippen LogP contribution in [0.2, 0.25) is 0 Å². The monoisotopic (exact) mass is 260 g/mol. The van der Waals surface area contributed by atoms with E-state index in [-0.39, 0.29) is 12.5 Å². The summed E-state index contributed by atoms with van der Waals surface area (Å²) in [6.45, 7) is 3.87. The molecule has 2 N–H and O–H groups in total. The standard InChI is InChI=1S/C14H20N4O/c1-2-13-12(16)8-11(9-15)18(13)10-14(19)17-6-4-3-5-7-17/h8H,2-7,10,16H2,1H3. The molecule has 1 aromatic heterocycles. The van der Waals surface area contributed by atoms with Crippen molar-refractivity contribution < 1.29 is 4.79 Å². The fourth-order valence-electron chi connectivity index (χ4n) is 2.66. The van der Waals surface area contributed by atoms with Crippen molar-refractivity contribution in [1.29, 1.82) is 5.26 Å². The first-order chi connectivity index (χ1) is 9.17. The van der Waals surface area contributed by atoms with Gasteiger partial charge in [-0.05, 0) is 31.7 Å². The molecule has 5 nitrogen and oxygen atoms in total. The molecule has 1 aliphatic heterocycles. The third-order valence-electron chi connectivity index (χ3n) is 3.69. The highest BCUT2D eigenvalue weighted by Gasteiger charge is 2.20. The van der Waals surface area contributed by atoms with E-state index in [0.717, 1.165) is 38.0 Å². The van der Waals surface area contributed by atoms with Crippen LogP contribution in [0.5, 0.6) is 0 Å². The molecule has 5 heteroatoms. The van der Waals surface area contributed by atoms with Crippen LogP contribution in [0.25, 0.3) is 0 Å². The summed E-state index contributed by atoms with van der Waals surface area (Å²) in [5.74, 6) is 0.0847. The predicted molar refractivity (Wildman–Crippen MR) is 73.4 cm³/mol. The van der Waals surface area contributed by atoms with Crippen LogP contribution >= 0.6 is 0 Å². The number of nitrogen functional groups attached to an aromatic ring is 1. The number of likely N-dealkylation sites (tertiary alicyclic amines) is 1. The summed E-state index contributed by atoms with van der Waals surface area (Å²) in [6.07, 6.45) is 4.07. The van der Waals surface area contributed by atoms with Crippen LogP contribution < -0.4 is 5.73 Å². The molecule has 0 aromatic carbocycles.